The van der Waals surface area contributed by atoms with E-state index in [2.05, 4.69) is 33.0 Å². The number of pyridine rings is 1. The monoisotopic (exact) mass is 285 g/mol. The van der Waals surface area contributed by atoms with E-state index in [0.717, 1.165) is 10.4 Å². The lowest BCUT2D eigenvalue weighted by Crippen LogP contribution is -2.21. The van der Waals surface area contributed by atoms with E-state index in [1.165, 1.54) is 31.4 Å². The summed E-state index contributed by atoms with van der Waals surface area (Å²) < 4.78 is 0. The van der Waals surface area contributed by atoms with Gasteiger partial charge in [-0.2, -0.15) is 0 Å². The van der Waals surface area contributed by atoms with Crippen LogP contribution < -0.4 is 0 Å². The molecule has 0 spiro atoms. The molecule has 82 valence electrons. The first-order chi connectivity index (χ1) is 7.35. The van der Waals surface area contributed by atoms with Crippen LogP contribution in [-0.4, -0.2) is 16.1 Å². The Labute approximate surface area is 104 Å². The number of nitrogens with zero attached hydrogens (tertiary/aromatic N) is 1. The summed E-state index contributed by atoms with van der Waals surface area (Å²) in [5.74, 6) is 1.20. The molecule has 0 amide bonds. The maximum atomic E-state index is 4.35. The highest BCUT2D eigenvalue weighted by Crippen LogP contribution is 2.43. The van der Waals surface area contributed by atoms with Crippen LogP contribution in [0.4, 0.5) is 0 Å². The lowest BCUT2D eigenvalue weighted by Gasteiger charge is -2.25. The summed E-state index contributed by atoms with van der Waals surface area (Å²) in [5.41, 5.74) is 0.530. The normalized spacial score (nSPS) is 19.3. The zero-order valence-corrected chi connectivity index (χ0v) is 11.2. The van der Waals surface area contributed by atoms with E-state index in [-0.39, 0.29) is 0 Å². The van der Waals surface area contributed by atoms with Crippen LogP contribution in [-0.2, 0) is 0 Å². The van der Waals surface area contributed by atoms with Crippen molar-refractivity contribution in [3.63, 3.8) is 0 Å². The van der Waals surface area contributed by atoms with Gasteiger partial charge in [-0.25, -0.2) is 4.98 Å². The first-order valence-electron chi connectivity index (χ1n) is 5.44. The van der Waals surface area contributed by atoms with Crippen molar-refractivity contribution in [3.05, 3.63) is 24.4 Å². The summed E-state index contributed by atoms with van der Waals surface area (Å²) in [6.07, 6.45) is 7.41. The Morgan fingerprint density at radius 3 is 2.73 bits per heavy atom. The zero-order valence-electron chi connectivity index (χ0n) is 8.79. The van der Waals surface area contributed by atoms with Crippen molar-refractivity contribution in [1.29, 1.82) is 0 Å². The van der Waals surface area contributed by atoms with Gasteiger partial charge in [0.1, 0.15) is 0 Å². The van der Waals surface area contributed by atoms with Gasteiger partial charge in [0.25, 0.3) is 0 Å². The molecule has 1 aliphatic carbocycles. The van der Waals surface area contributed by atoms with Gasteiger partial charge in [0.2, 0.25) is 0 Å². The zero-order chi connectivity index (χ0) is 10.6. The minimum atomic E-state index is 0.530. The largest absolute Gasteiger partial charge is 0.250 e. The predicted octanol–water partition coefficient (Wildman–Crippen LogP) is 4.13. The van der Waals surface area contributed by atoms with E-state index in [1.54, 1.807) is 0 Å². The maximum Gasteiger partial charge on any atom is 0.0959 e. The standard InChI is InChI=1S/C12H16BrNS/c13-9-12(6-2-3-7-12)10-15-11-5-1-4-8-14-11/h1,4-5,8H,2-3,6-7,9-10H2. The molecular formula is C12H16BrNS. The molecule has 1 nitrogen and oxygen atoms in total. The molecule has 0 N–H and O–H groups in total. The van der Waals surface area contributed by atoms with Crippen LogP contribution in [0.3, 0.4) is 0 Å². The second-order valence-electron chi connectivity index (χ2n) is 4.30. The van der Waals surface area contributed by atoms with Gasteiger partial charge in [-0.3, -0.25) is 0 Å². The van der Waals surface area contributed by atoms with E-state index in [4.69, 9.17) is 0 Å². The molecule has 1 aliphatic rings. The van der Waals surface area contributed by atoms with E-state index in [1.807, 2.05) is 24.0 Å². The molecule has 1 saturated carbocycles. The maximum absolute atomic E-state index is 4.35. The number of rotatable bonds is 4. The highest BCUT2D eigenvalue weighted by molar-refractivity contribution is 9.09. The van der Waals surface area contributed by atoms with Gasteiger partial charge in [0, 0.05) is 17.3 Å². The molecule has 0 atom stereocenters. The van der Waals surface area contributed by atoms with Crippen molar-refractivity contribution in [2.24, 2.45) is 5.41 Å². The van der Waals surface area contributed by atoms with Crippen molar-refractivity contribution < 1.29 is 0 Å². The molecule has 15 heavy (non-hydrogen) atoms. The molecule has 0 radical (unpaired) electrons. The molecule has 0 unspecified atom stereocenters. The molecule has 1 fully saturated rings. The van der Waals surface area contributed by atoms with Crippen LogP contribution in [0.5, 0.6) is 0 Å². The third kappa shape index (κ3) is 2.97. The molecule has 3 heteroatoms. The van der Waals surface area contributed by atoms with E-state index in [0.29, 0.717) is 5.41 Å². The Bertz CT molecular complexity index is 296. The molecule has 0 aliphatic heterocycles. The van der Waals surface area contributed by atoms with Crippen LogP contribution in [0, 0.1) is 5.41 Å². The Balaban J connectivity index is 1.92. The third-order valence-electron chi connectivity index (χ3n) is 3.11. The number of halogens is 1. The fourth-order valence-electron chi connectivity index (χ4n) is 2.10. The van der Waals surface area contributed by atoms with Gasteiger partial charge in [0.05, 0.1) is 5.03 Å². The second kappa shape index (κ2) is 5.35. The van der Waals surface area contributed by atoms with Gasteiger partial charge < -0.3 is 0 Å². The van der Waals surface area contributed by atoms with Crippen molar-refractivity contribution >= 4 is 27.7 Å². The molecule has 1 aromatic rings. The lowest BCUT2D eigenvalue weighted by atomic mass is 9.92. The molecule has 2 rings (SSSR count). The Morgan fingerprint density at radius 2 is 2.13 bits per heavy atom. The SMILES string of the molecule is BrCC1(CSc2ccccn2)CCCC1. The first-order valence-corrected chi connectivity index (χ1v) is 7.55. The molecule has 0 saturated heterocycles. The van der Waals surface area contributed by atoms with Crippen molar-refractivity contribution in [1.82, 2.24) is 4.98 Å². The average Bonchev–Trinajstić information content (AvgIpc) is 2.77. The molecule has 1 heterocycles. The first kappa shape index (κ1) is 11.5. The Morgan fingerprint density at radius 1 is 1.33 bits per heavy atom. The van der Waals surface area contributed by atoms with Gasteiger partial charge in [0.15, 0.2) is 0 Å². The smallest absolute Gasteiger partial charge is 0.0959 e. The fraction of sp³-hybridized carbons (Fsp3) is 0.583. The molecular weight excluding hydrogens is 270 g/mol. The summed E-state index contributed by atoms with van der Waals surface area (Å²) in [6.45, 7) is 0. The van der Waals surface area contributed by atoms with Crippen LogP contribution in [0.25, 0.3) is 0 Å². The number of hydrogen-bond acceptors (Lipinski definition) is 2. The van der Waals surface area contributed by atoms with Crippen LogP contribution in [0.15, 0.2) is 29.4 Å². The summed E-state index contributed by atoms with van der Waals surface area (Å²) in [4.78, 5) is 4.35. The highest BCUT2D eigenvalue weighted by Gasteiger charge is 2.32. The fourth-order valence-corrected chi connectivity index (χ4v) is 4.28. The Kier molecular flexibility index (Phi) is 4.09. The highest BCUT2D eigenvalue weighted by atomic mass is 79.9. The summed E-state index contributed by atoms with van der Waals surface area (Å²) in [6, 6.07) is 6.13. The van der Waals surface area contributed by atoms with Crippen molar-refractivity contribution in [3.8, 4) is 0 Å². The van der Waals surface area contributed by atoms with E-state index < -0.39 is 0 Å². The van der Waals surface area contributed by atoms with Crippen LogP contribution in [0.1, 0.15) is 25.7 Å². The second-order valence-corrected chi connectivity index (χ2v) is 5.85. The number of aromatic nitrogens is 1. The molecule has 1 aromatic heterocycles. The topological polar surface area (TPSA) is 12.9 Å². The van der Waals surface area contributed by atoms with Crippen molar-refractivity contribution in [2.75, 3.05) is 11.1 Å². The van der Waals surface area contributed by atoms with E-state index >= 15 is 0 Å². The average molecular weight is 286 g/mol. The quantitative estimate of drug-likeness (QED) is 0.609. The summed E-state index contributed by atoms with van der Waals surface area (Å²) in [5, 5.41) is 2.30. The van der Waals surface area contributed by atoms with Gasteiger partial charge in [-0.15, -0.1) is 11.8 Å². The van der Waals surface area contributed by atoms with Crippen LogP contribution in [0.2, 0.25) is 0 Å². The minimum absolute atomic E-state index is 0.530. The summed E-state index contributed by atoms with van der Waals surface area (Å²) in [7, 11) is 0. The van der Waals surface area contributed by atoms with Crippen LogP contribution >= 0.6 is 27.7 Å². The third-order valence-corrected chi connectivity index (χ3v) is 5.60. The number of alkyl halides is 1. The predicted molar refractivity (Wildman–Crippen MR) is 69.7 cm³/mol. The lowest BCUT2D eigenvalue weighted by molar-refractivity contribution is 0.405. The van der Waals surface area contributed by atoms with Gasteiger partial charge in [-0.05, 0) is 30.4 Å². The van der Waals surface area contributed by atoms with Crippen molar-refractivity contribution in [2.45, 2.75) is 30.7 Å². The molecule has 0 bridgehead atoms. The molecule has 0 aromatic carbocycles. The Hall–Kier alpha value is -0.0200. The number of hydrogen-bond donors (Lipinski definition) is 0. The van der Waals surface area contributed by atoms with Gasteiger partial charge in [-0.1, -0.05) is 34.8 Å². The summed E-state index contributed by atoms with van der Waals surface area (Å²) >= 11 is 5.57. The number of thioether (sulfide) groups is 1. The van der Waals surface area contributed by atoms with Gasteiger partial charge >= 0.3 is 0 Å². The minimum Gasteiger partial charge on any atom is -0.250 e. The van der Waals surface area contributed by atoms with E-state index in [9.17, 15) is 0 Å².